The smallest absolute Gasteiger partial charge is 0.335 e. The lowest BCUT2D eigenvalue weighted by atomic mass is 9.73. The highest BCUT2D eigenvalue weighted by Gasteiger charge is 2.46. The average Bonchev–Trinajstić information content (AvgIpc) is 3.15. The van der Waals surface area contributed by atoms with Gasteiger partial charge >= 0.3 is 11.9 Å². The van der Waals surface area contributed by atoms with Gasteiger partial charge in [0.25, 0.3) is 0 Å². The second kappa shape index (κ2) is 8.74. The van der Waals surface area contributed by atoms with Crippen molar-refractivity contribution >= 4 is 22.8 Å². The van der Waals surface area contributed by atoms with Crippen molar-refractivity contribution in [1.82, 2.24) is 4.57 Å². The Morgan fingerprint density at radius 2 is 1.80 bits per heavy atom. The van der Waals surface area contributed by atoms with Crippen LogP contribution in [0.5, 0.6) is 5.75 Å². The maximum absolute atomic E-state index is 13.3. The predicted octanol–water partition coefficient (Wildman–Crippen LogP) is 6.36. The molecule has 6 nitrogen and oxygen atoms in total. The van der Waals surface area contributed by atoms with Gasteiger partial charge in [-0.25, -0.2) is 4.79 Å². The number of carbonyl (C=O) groups excluding carboxylic acids is 1. The van der Waals surface area contributed by atoms with Gasteiger partial charge in [0, 0.05) is 23.0 Å². The van der Waals surface area contributed by atoms with E-state index in [9.17, 15) is 14.7 Å². The van der Waals surface area contributed by atoms with Gasteiger partial charge in [0.2, 0.25) is 0 Å². The van der Waals surface area contributed by atoms with Crippen LogP contribution in [0.25, 0.3) is 22.2 Å². The molecule has 2 atom stereocenters. The number of hydrogen-bond donors (Lipinski definition) is 1. The number of esters is 1. The van der Waals surface area contributed by atoms with Gasteiger partial charge in [-0.3, -0.25) is 4.79 Å². The molecule has 0 amide bonds. The average molecular weight is 476 g/mol. The zero-order chi connectivity index (χ0) is 24.9. The molecular formula is C29H33NO5. The summed E-state index contributed by atoms with van der Waals surface area (Å²) >= 11 is 0. The third-order valence-corrected chi connectivity index (χ3v) is 8.44. The van der Waals surface area contributed by atoms with Gasteiger partial charge in [-0.15, -0.1) is 0 Å². The summed E-state index contributed by atoms with van der Waals surface area (Å²) in [6.07, 6.45) is 5.86. The largest absolute Gasteiger partial charge is 0.497 e. The normalized spacial score (nSPS) is 22.2. The van der Waals surface area contributed by atoms with Crippen LogP contribution < -0.4 is 4.74 Å². The molecule has 0 saturated heterocycles. The summed E-state index contributed by atoms with van der Waals surface area (Å²) in [4.78, 5) is 25.2. The number of ether oxygens (including phenoxy) is 2. The fourth-order valence-corrected chi connectivity index (χ4v) is 6.29. The fraction of sp³-hybridized carbons (Fsp3) is 0.448. The highest BCUT2D eigenvalue weighted by Crippen LogP contribution is 2.52. The highest BCUT2D eigenvalue weighted by molar-refractivity contribution is 5.99. The van der Waals surface area contributed by atoms with Crippen molar-refractivity contribution < 1.29 is 24.2 Å². The molecule has 3 aromatic rings. The Labute approximate surface area is 205 Å². The number of hydrogen-bond acceptors (Lipinski definition) is 4. The summed E-state index contributed by atoms with van der Waals surface area (Å²) in [5, 5.41) is 10.8. The Hall–Kier alpha value is -3.28. The van der Waals surface area contributed by atoms with E-state index in [0.717, 1.165) is 46.3 Å². The highest BCUT2D eigenvalue weighted by atomic mass is 16.5. The van der Waals surface area contributed by atoms with Gasteiger partial charge in [-0.05, 0) is 73.1 Å². The molecule has 1 aliphatic heterocycles. The predicted molar refractivity (Wildman–Crippen MR) is 135 cm³/mol. The van der Waals surface area contributed by atoms with Crippen molar-refractivity contribution in [2.24, 2.45) is 5.41 Å². The summed E-state index contributed by atoms with van der Waals surface area (Å²) in [5.74, 6) is -0.228. The van der Waals surface area contributed by atoms with Gasteiger partial charge in [-0.2, -0.15) is 0 Å². The first-order chi connectivity index (χ1) is 16.8. The topological polar surface area (TPSA) is 77.8 Å². The number of carboxylic acid groups (broad SMARTS) is 1. The summed E-state index contributed by atoms with van der Waals surface area (Å²) in [6, 6.07) is 11.6. The number of benzene rings is 2. The molecule has 1 aliphatic carbocycles. The lowest BCUT2D eigenvalue weighted by Gasteiger charge is -2.32. The van der Waals surface area contributed by atoms with Crippen LogP contribution in [-0.4, -0.2) is 35.8 Å². The van der Waals surface area contributed by atoms with Gasteiger partial charge in [-0.1, -0.05) is 32.3 Å². The second-order valence-electron chi connectivity index (χ2n) is 10.3. The molecule has 1 aromatic heterocycles. The number of carbonyl (C=O) groups is 2. The van der Waals surface area contributed by atoms with E-state index in [1.54, 1.807) is 19.2 Å². The molecule has 2 unspecified atom stereocenters. The number of fused-ring (bicyclic) bond motifs is 5. The van der Waals surface area contributed by atoms with Gasteiger partial charge < -0.3 is 19.1 Å². The molecule has 1 N–H and O–H groups in total. The van der Waals surface area contributed by atoms with Gasteiger partial charge in [0.05, 0.1) is 30.9 Å². The SMILES string of the molecule is COC(=O)C1(C)Cn2c(c(C3CCCCC3)c3ccc(C(=O)O)cc32)-c2ccc(OC)cc2C1C. The number of carboxylic acids is 1. The van der Waals surface area contributed by atoms with E-state index >= 15 is 0 Å². The van der Waals surface area contributed by atoms with Crippen molar-refractivity contribution in [2.75, 3.05) is 14.2 Å². The maximum atomic E-state index is 13.3. The van der Waals surface area contributed by atoms with Crippen LogP contribution >= 0.6 is 0 Å². The molecule has 6 heteroatoms. The summed E-state index contributed by atoms with van der Waals surface area (Å²) in [7, 11) is 3.09. The van der Waals surface area contributed by atoms with Crippen LogP contribution in [0.1, 0.15) is 79.3 Å². The number of methoxy groups -OCH3 is 2. The van der Waals surface area contributed by atoms with Crippen LogP contribution in [0.4, 0.5) is 0 Å². The minimum absolute atomic E-state index is 0.142. The zero-order valence-electron chi connectivity index (χ0n) is 20.9. The summed E-state index contributed by atoms with van der Waals surface area (Å²) in [6.45, 7) is 4.43. The van der Waals surface area contributed by atoms with Crippen LogP contribution in [0, 0.1) is 5.41 Å². The molecule has 1 fully saturated rings. The first kappa shape index (κ1) is 23.5. The molecule has 1 saturated carbocycles. The van der Waals surface area contributed by atoms with Crippen LogP contribution in [-0.2, 0) is 16.1 Å². The van der Waals surface area contributed by atoms with Crippen molar-refractivity contribution in [3.05, 3.63) is 53.1 Å². The fourth-order valence-electron chi connectivity index (χ4n) is 6.29. The third-order valence-electron chi connectivity index (χ3n) is 8.44. The summed E-state index contributed by atoms with van der Waals surface area (Å²) < 4.78 is 13.1. The maximum Gasteiger partial charge on any atom is 0.335 e. The second-order valence-corrected chi connectivity index (χ2v) is 10.3. The molecular weight excluding hydrogens is 442 g/mol. The van der Waals surface area contributed by atoms with Crippen molar-refractivity contribution in [1.29, 1.82) is 0 Å². The lowest BCUT2D eigenvalue weighted by molar-refractivity contribution is -0.153. The van der Waals surface area contributed by atoms with Crippen molar-refractivity contribution in [3.63, 3.8) is 0 Å². The van der Waals surface area contributed by atoms with E-state index in [4.69, 9.17) is 9.47 Å². The van der Waals surface area contributed by atoms with E-state index in [0.29, 0.717) is 12.5 Å². The van der Waals surface area contributed by atoms with E-state index in [2.05, 4.69) is 17.6 Å². The lowest BCUT2D eigenvalue weighted by Crippen LogP contribution is -2.37. The Morgan fingerprint density at radius 3 is 2.46 bits per heavy atom. The molecule has 0 bridgehead atoms. The minimum Gasteiger partial charge on any atom is -0.497 e. The molecule has 2 aromatic carbocycles. The number of nitrogens with zero attached hydrogens (tertiary/aromatic N) is 1. The first-order valence-electron chi connectivity index (χ1n) is 12.5. The van der Waals surface area contributed by atoms with Gasteiger partial charge in [0.15, 0.2) is 0 Å². The Bertz CT molecular complexity index is 1320. The quantitative estimate of drug-likeness (QED) is 0.444. The van der Waals surface area contributed by atoms with E-state index in [-0.39, 0.29) is 17.5 Å². The standard InChI is InChI=1S/C29H33NO5/c1-17-23-15-20(34-3)11-13-21(23)26-25(18-8-6-5-7-9-18)22-12-10-19(27(31)32)14-24(22)30(26)16-29(17,2)28(33)35-4/h10-15,17-18H,5-9,16H2,1-4H3,(H,31,32). The molecule has 35 heavy (non-hydrogen) atoms. The first-order valence-corrected chi connectivity index (χ1v) is 12.5. The number of rotatable bonds is 4. The minimum atomic E-state index is -0.954. The Balaban J connectivity index is 1.90. The number of aromatic carboxylic acids is 1. The van der Waals surface area contributed by atoms with Crippen molar-refractivity contribution in [2.45, 2.75) is 64.3 Å². The zero-order valence-corrected chi connectivity index (χ0v) is 20.9. The van der Waals surface area contributed by atoms with E-state index in [1.807, 2.05) is 25.1 Å². The van der Waals surface area contributed by atoms with E-state index in [1.165, 1.54) is 31.9 Å². The third kappa shape index (κ3) is 3.62. The molecule has 5 rings (SSSR count). The van der Waals surface area contributed by atoms with Crippen LogP contribution in [0.3, 0.4) is 0 Å². The van der Waals surface area contributed by atoms with E-state index < -0.39 is 11.4 Å². The molecule has 2 heterocycles. The summed E-state index contributed by atoms with van der Waals surface area (Å²) in [5.41, 5.74) is 4.78. The molecule has 0 radical (unpaired) electrons. The molecule has 0 spiro atoms. The molecule has 2 aliphatic rings. The van der Waals surface area contributed by atoms with Crippen molar-refractivity contribution in [3.8, 4) is 17.0 Å². The van der Waals surface area contributed by atoms with Crippen LogP contribution in [0.2, 0.25) is 0 Å². The Morgan fingerprint density at radius 1 is 1.06 bits per heavy atom. The monoisotopic (exact) mass is 475 g/mol. The van der Waals surface area contributed by atoms with Gasteiger partial charge in [0.1, 0.15) is 5.75 Å². The van der Waals surface area contributed by atoms with Crippen LogP contribution in [0.15, 0.2) is 36.4 Å². The Kier molecular flexibility index (Phi) is 5.86. The molecule has 184 valence electrons. The number of aromatic nitrogens is 1.